The lowest BCUT2D eigenvalue weighted by molar-refractivity contribution is -0.127. The number of carbonyl (C=O) groups excluding carboxylic acids is 3. The number of fused-ring (bicyclic) bond motifs is 1. The van der Waals surface area contributed by atoms with E-state index < -0.39 is 35.1 Å². The van der Waals surface area contributed by atoms with Gasteiger partial charge in [-0.1, -0.05) is 37.5 Å². The fraction of sp³-hybridized carbons (Fsp3) is 0.419. The molecule has 0 radical (unpaired) electrons. The maximum absolute atomic E-state index is 14.4. The maximum atomic E-state index is 14.4. The van der Waals surface area contributed by atoms with Crippen molar-refractivity contribution in [1.29, 1.82) is 0 Å². The fourth-order valence-electron chi connectivity index (χ4n) is 5.32. The van der Waals surface area contributed by atoms with E-state index in [9.17, 15) is 18.8 Å². The third kappa shape index (κ3) is 7.07. The summed E-state index contributed by atoms with van der Waals surface area (Å²) in [4.78, 5) is 42.7. The number of hydrogen-bond donors (Lipinski definition) is 3. The second-order valence-electron chi connectivity index (χ2n) is 11.9. The van der Waals surface area contributed by atoms with Gasteiger partial charge in [0.15, 0.2) is 17.2 Å². The average Bonchev–Trinajstić information content (AvgIpc) is 3.59. The van der Waals surface area contributed by atoms with Crippen LogP contribution in [0.3, 0.4) is 0 Å². The van der Waals surface area contributed by atoms with Crippen molar-refractivity contribution >= 4 is 34.9 Å². The number of nitrogens with one attached hydrogen (secondary N) is 2. The number of amides is 3. The van der Waals surface area contributed by atoms with Crippen molar-refractivity contribution in [2.45, 2.75) is 77.0 Å². The zero-order valence-electron chi connectivity index (χ0n) is 24.4. The van der Waals surface area contributed by atoms with Gasteiger partial charge in [0.05, 0.1) is 5.69 Å². The van der Waals surface area contributed by atoms with E-state index in [0.717, 1.165) is 43.6 Å². The lowest BCUT2D eigenvalue weighted by Gasteiger charge is -2.33. The van der Waals surface area contributed by atoms with Crippen LogP contribution in [0.25, 0.3) is 0 Å². The summed E-state index contributed by atoms with van der Waals surface area (Å²) in [5.74, 6) is -0.881. The largest absolute Gasteiger partial charge is 0.454 e. The molecule has 228 valence electrons. The van der Waals surface area contributed by atoms with Crippen molar-refractivity contribution in [3.63, 3.8) is 0 Å². The van der Waals surface area contributed by atoms with Crippen LogP contribution in [0.4, 0.5) is 10.1 Å². The lowest BCUT2D eigenvalue weighted by Crippen LogP contribution is -2.49. The number of halogens is 1. The molecule has 1 aliphatic carbocycles. The van der Waals surface area contributed by atoms with Gasteiger partial charge in [0.1, 0.15) is 16.7 Å². The Hall–Kier alpha value is -4.19. The molecule has 1 atom stereocenters. The topological polar surface area (TPSA) is 136 Å². The third-order valence-electron chi connectivity index (χ3n) is 7.37. The molecule has 3 aromatic rings. The minimum atomic E-state index is -1.17. The van der Waals surface area contributed by atoms with Crippen molar-refractivity contribution in [2.24, 2.45) is 0 Å². The fourth-order valence-corrected chi connectivity index (χ4v) is 6.07. The first-order valence-electron chi connectivity index (χ1n) is 14.3. The molecular weight excluding hydrogens is 573 g/mol. The second-order valence-corrected chi connectivity index (χ2v) is 12.7. The molecule has 10 nitrogen and oxygen atoms in total. The summed E-state index contributed by atoms with van der Waals surface area (Å²) >= 11 is 0.810. The number of hydrogen-bond acceptors (Lipinski definition) is 8. The van der Waals surface area contributed by atoms with Gasteiger partial charge in [0.25, 0.3) is 11.8 Å². The number of nitrogens with two attached hydrogens (primary N) is 1. The maximum Gasteiger partial charge on any atom is 0.273 e. The minimum Gasteiger partial charge on any atom is -0.454 e. The van der Waals surface area contributed by atoms with Crippen molar-refractivity contribution in [1.82, 2.24) is 19.9 Å². The van der Waals surface area contributed by atoms with Gasteiger partial charge >= 0.3 is 0 Å². The molecule has 1 aliphatic heterocycles. The first-order chi connectivity index (χ1) is 20.5. The van der Waals surface area contributed by atoms with E-state index in [0.29, 0.717) is 22.6 Å². The van der Waals surface area contributed by atoms with Crippen LogP contribution in [0.2, 0.25) is 0 Å². The summed E-state index contributed by atoms with van der Waals surface area (Å²) in [7, 11) is 0. The van der Waals surface area contributed by atoms with Crippen molar-refractivity contribution in [3.05, 3.63) is 70.0 Å². The van der Waals surface area contributed by atoms with Crippen molar-refractivity contribution in [2.75, 3.05) is 12.5 Å². The molecule has 5 rings (SSSR count). The van der Waals surface area contributed by atoms with E-state index in [1.807, 2.05) is 20.8 Å². The number of rotatable bonds is 8. The minimum absolute atomic E-state index is 0.0144. The highest BCUT2D eigenvalue weighted by atomic mass is 32.1. The van der Waals surface area contributed by atoms with E-state index in [-0.39, 0.29) is 35.6 Å². The van der Waals surface area contributed by atoms with Crippen LogP contribution in [-0.2, 0) is 11.3 Å². The molecule has 1 fully saturated rings. The molecule has 0 spiro atoms. The van der Waals surface area contributed by atoms with E-state index >= 15 is 0 Å². The molecule has 2 heterocycles. The highest BCUT2D eigenvalue weighted by Gasteiger charge is 2.37. The zero-order chi connectivity index (χ0) is 30.7. The van der Waals surface area contributed by atoms with Crippen molar-refractivity contribution in [3.8, 4) is 11.5 Å². The Kier molecular flexibility index (Phi) is 8.86. The van der Waals surface area contributed by atoms with Crippen LogP contribution in [0.5, 0.6) is 11.5 Å². The number of nitrogens with zero attached hydrogens (tertiary/aromatic N) is 2. The summed E-state index contributed by atoms with van der Waals surface area (Å²) in [6, 6.07) is 9.54. The molecule has 0 unspecified atom stereocenters. The monoisotopic (exact) mass is 609 g/mol. The Bertz CT molecular complexity index is 1500. The molecule has 1 saturated carbocycles. The standard InChI is InChI=1S/C31H36FN5O5S/c1-31(2,3)35-29(39)26(19-10-12-20(32)13-11-19)37(16-18-9-14-22-23(15-18)42-17-41-22)30(40)27-24(33)25(36-43-27)28(38)34-21-7-5-4-6-8-21/h9-15,21,26H,4-8,16-17,33H2,1-3H3,(H,34,38)(H,35,39)/t26-/m0/s1. The quantitative estimate of drug-likeness (QED) is 0.329. The van der Waals surface area contributed by atoms with Crippen LogP contribution in [0.15, 0.2) is 42.5 Å². The Morgan fingerprint density at radius 2 is 1.77 bits per heavy atom. The number of anilines is 1. The Morgan fingerprint density at radius 1 is 1.07 bits per heavy atom. The van der Waals surface area contributed by atoms with Gasteiger partial charge in [0.2, 0.25) is 12.7 Å². The average molecular weight is 610 g/mol. The molecule has 0 saturated heterocycles. The molecule has 12 heteroatoms. The van der Waals surface area contributed by atoms with Gasteiger partial charge in [-0.25, -0.2) is 4.39 Å². The smallest absolute Gasteiger partial charge is 0.273 e. The summed E-state index contributed by atoms with van der Waals surface area (Å²) in [6.07, 6.45) is 4.98. The second kappa shape index (κ2) is 12.6. The van der Waals surface area contributed by atoms with Crippen LogP contribution in [0, 0.1) is 5.82 Å². The number of nitrogen functional groups attached to an aromatic ring is 1. The van der Waals surface area contributed by atoms with Gasteiger partial charge in [-0.2, -0.15) is 4.37 Å². The number of aromatic nitrogens is 1. The predicted molar refractivity (Wildman–Crippen MR) is 160 cm³/mol. The molecule has 2 aliphatic rings. The van der Waals surface area contributed by atoms with Gasteiger partial charge in [-0.15, -0.1) is 0 Å². The summed E-state index contributed by atoms with van der Waals surface area (Å²) in [6.45, 7) is 5.53. The summed E-state index contributed by atoms with van der Waals surface area (Å²) in [5, 5.41) is 5.95. The van der Waals surface area contributed by atoms with Crippen LogP contribution >= 0.6 is 11.5 Å². The lowest BCUT2D eigenvalue weighted by atomic mass is 9.95. The normalized spacial score (nSPS) is 15.5. The molecule has 1 aromatic heterocycles. The summed E-state index contributed by atoms with van der Waals surface area (Å²) in [5.41, 5.74) is 6.77. The van der Waals surface area contributed by atoms with Crippen molar-refractivity contribution < 1.29 is 28.2 Å². The molecule has 0 bridgehead atoms. The van der Waals surface area contributed by atoms with E-state index in [1.165, 1.54) is 29.2 Å². The SMILES string of the molecule is CC(C)(C)NC(=O)[C@H](c1ccc(F)cc1)N(Cc1ccc2c(c1)OCO2)C(=O)c1snc(C(=O)NC2CCCCC2)c1N. The van der Waals surface area contributed by atoms with Crippen LogP contribution in [-0.4, -0.2) is 45.4 Å². The highest BCUT2D eigenvalue weighted by Crippen LogP contribution is 2.35. The first-order valence-corrected chi connectivity index (χ1v) is 15.1. The molecule has 43 heavy (non-hydrogen) atoms. The van der Waals surface area contributed by atoms with Crippen LogP contribution in [0.1, 0.15) is 90.2 Å². The third-order valence-corrected chi connectivity index (χ3v) is 8.22. The first kappa shape index (κ1) is 30.3. The van der Waals surface area contributed by atoms with Gasteiger partial charge < -0.3 is 30.7 Å². The highest BCUT2D eigenvalue weighted by molar-refractivity contribution is 7.09. The van der Waals surface area contributed by atoms with Gasteiger partial charge in [0, 0.05) is 18.1 Å². The molecular formula is C31H36FN5O5S. The Balaban J connectivity index is 1.53. The Labute approximate surface area is 253 Å². The summed E-state index contributed by atoms with van der Waals surface area (Å²) < 4.78 is 29.2. The van der Waals surface area contributed by atoms with Gasteiger partial charge in [-0.05, 0) is 80.5 Å². The van der Waals surface area contributed by atoms with Crippen LogP contribution < -0.4 is 25.8 Å². The van der Waals surface area contributed by atoms with E-state index in [4.69, 9.17) is 15.2 Å². The van der Waals surface area contributed by atoms with E-state index in [2.05, 4.69) is 15.0 Å². The van der Waals surface area contributed by atoms with Gasteiger partial charge in [-0.3, -0.25) is 14.4 Å². The molecule has 2 aromatic carbocycles. The zero-order valence-corrected chi connectivity index (χ0v) is 25.3. The number of ether oxygens (including phenoxy) is 2. The predicted octanol–water partition coefficient (Wildman–Crippen LogP) is 4.95. The van der Waals surface area contributed by atoms with E-state index in [1.54, 1.807) is 18.2 Å². The number of benzene rings is 2. The molecule has 3 amide bonds. The molecule has 4 N–H and O–H groups in total. The Morgan fingerprint density at radius 3 is 2.47 bits per heavy atom. The number of carbonyl (C=O) groups is 3.